The fraction of sp³-hybridized carbons (Fsp3) is 0.243. The van der Waals surface area contributed by atoms with Gasteiger partial charge in [-0.2, -0.15) is 0 Å². The third-order valence-corrected chi connectivity index (χ3v) is 9.27. The first kappa shape index (κ1) is 30.6. The van der Waals surface area contributed by atoms with Gasteiger partial charge in [0.15, 0.2) is 0 Å². The van der Waals surface area contributed by atoms with E-state index in [0.29, 0.717) is 34.6 Å². The zero-order valence-corrected chi connectivity index (χ0v) is 26.1. The third kappa shape index (κ3) is 6.35. The standard InChI is InChI=1S/C37H37FN6O3/c1-25-10-9-13-27(18-25)39-37(46)40-35-20-32(30-14-5-7-16-33(30)38)31-15-6-8-17-34(31)43(44(35)47)24-36(45)42-23-28-19-29(42)22-41(28)21-26-11-3-2-4-12-26/h2-18,20,28-29,35,44H,19,21-24H2,1H3,(H2,39,40,46). The summed E-state index contributed by atoms with van der Waals surface area (Å²) in [5, 5.41) is 20.9. The summed E-state index contributed by atoms with van der Waals surface area (Å²) in [7, 11) is 0. The summed E-state index contributed by atoms with van der Waals surface area (Å²) in [6.45, 7) is 3.93. The Hall–Kier alpha value is -5.03. The van der Waals surface area contributed by atoms with Crippen molar-refractivity contribution in [2.75, 3.05) is 30.0 Å². The number of rotatable bonds is 7. The van der Waals surface area contributed by atoms with Gasteiger partial charge in [0.05, 0.1) is 5.69 Å². The highest BCUT2D eigenvalue weighted by Crippen LogP contribution is 2.35. The molecule has 47 heavy (non-hydrogen) atoms. The summed E-state index contributed by atoms with van der Waals surface area (Å²) in [6, 6.07) is 30.9. The molecule has 0 spiro atoms. The van der Waals surface area contributed by atoms with E-state index in [1.807, 2.05) is 60.4 Å². The van der Waals surface area contributed by atoms with Crippen molar-refractivity contribution in [3.63, 3.8) is 0 Å². The predicted molar refractivity (Wildman–Crippen MR) is 179 cm³/mol. The highest BCUT2D eigenvalue weighted by Gasteiger charge is 2.46. The van der Waals surface area contributed by atoms with E-state index in [1.54, 1.807) is 42.5 Å². The lowest BCUT2D eigenvalue weighted by molar-refractivity contribution is -0.878. The molecule has 0 radical (unpaired) electrons. The molecular formula is C37H37FN6O3. The van der Waals surface area contributed by atoms with Crippen LogP contribution in [0.2, 0.25) is 0 Å². The number of carbonyl (C=O) groups is 2. The molecule has 3 aliphatic rings. The second-order valence-corrected chi connectivity index (χ2v) is 12.5. The van der Waals surface area contributed by atoms with E-state index >= 15 is 4.39 Å². The molecule has 7 rings (SSSR count). The van der Waals surface area contributed by atoms with Crippen molar-refractivity contribution in [2.24, 2.45) is 0 Å². The van der Waals surface area contributed by atoms with Crippen LogP contribution in [0.15, 0.2) is 109 Å². The summed E-state index contributed by atoms with van der Waals surface area (Å²) >= 11 is 0. The van der Waals surface area contributed by atoms with E-state index in [-0.39, 0.29) is 24.5 Å². The molecule has 4 aromatic carbocycles. The molecule has 240 valence electrons. The van der Waals surface area contributed by atoms with Gasteiger partial charge in [-0.1, -0.05) is 78.9 Å². The van der Waals surface area contributed by atoms with Gasteiger partial charge < -0.3 is 15.4 Å². The van der Waals surface area contributed by atoms with Gasteiger partial charge in [-0.05, 0) is 54.3 Å². The van der Waals surface area contributed by atoms with Crippen molar-refractivity contribution < 1.29 is 19.2 Å². The van der Waals surface area contributed by atoms with E-state index in [0.717, 1.165) is 25.1 Å². The van der Waals surface area contributed by atoms with Crippen LogP contribution in [-0.4, -0.2) is 59.6 Å². The summed E-state index contributed by atoms with van der Waals surface area (Å²) in [4.78, 5) is 31.5. The van der Waals surface area contributed by atoms with Crippen molar-refractivity contribution >= 4 is 28.9 Å². The average Bonchev–Trinajstić information content (AvgIpc) is 3.64. The number of nitrogens with one attached hydrogen (secondary N) is 3. The summed E-state index contributed by atoms with van der Waals surface area (Å²) in [5.74, 6) is -0.612. The molecule has 0 aromatic heterocycles. The number of halogens is 1. The Morgan fingerprint density at radius 2 is 1.64 bits per heavy atom. The van der Waals surface area contributed by atoms with Crippen LogP contribution in [0, 0.1) is 17.9 Å². The zero-order valence-electron chi connectivity index (χ0n) is 26.1. The molecule has 10 heteroatoms. The lowest BCUT2D eigenvalue weighted by Crippen LogP contribution is -3.20. The first-order valence-corrected chi connectivity index (χ1v) is 15.9. The van der Waals surface area contributed by atoms with Crippen LogP contribution in [0.5, 0.6) is 0 Å². The number of hydrogen-bond donors (Lipinski definition) is 3. The third-order valence-electron chi connectivity index (χ3n) is 9.27. The molecule has 3 N–H and O–H groups in total. The van der Waals surface area contributed by atoms with Crippen LogP contribution in [0.3, 0.4) is 0 Å². The molecule has 2 fully saturated rings. The molecular weight excluding hydrogens is 595 g/mol. The van der Waals surface area contributed by atoms with E-state index in [9.17, 15) is 14.8 Å². The minimum atomic E-state index is -1.17. The smallest absolute Gasteiger partial charge is 0.324 e. The van der Waals surface area contributed by atoms with Gasteiger partial charge in [0, 0.05) is 54.6 Å². The molecule has 0 saturated carbocycles. The van der Waals surface area contributed by atoms with Crippen LogP contribution >= 0.6 is 0 Å². The molecule has 9 nitrogen and oxygen atoms in total. The Bertz CT molecular complexity index is 1820. The number of hydroxylamine groups is 1. The predicted octanol–water partition coefficient (Wildman–Crippen LogP) is 4.32. The van der Waals surface area contributed by atoms with Crippen molar-refractivity contribution in [3.8, 4) is 0 Å². The summed E-state index contributed by atoms with van der Waals surface area (Å²) in [6.07, 6.45) is 1.30. The number of amides is 3. The van der Waals surface area contributed by atoms with Gasteiger partial charge in [0.25, 0.3) is 0 Å². The van der Waals surface area contributed by atoms with Crippen LogP contribution in [0.25, 0.3) is 5.57 Å². The maximum atomic E-state index is 15.3. The number of urea groups is 1. The number of fused-ring (bicyclic) bond motifs is 3. The number of hydrogen-bond acceptors (Lipinski definition) is 5. The van der Waals surface area contributed by atoms with Gasteiger partial charge in [-0.25, -0.2) is 19.4 Å². The Kier molecular flexibility index (Phi) is 8.46. The maximum Gasteiger partial charge on any atom is 0.324 e. The average molecular weight is 633 g/mol. The largest absolute Gasteiger partial charge is 0.606 e. The maximum absolute atomic E-state index is 15.3. The molecule has 4 unspecified atom stereocenters. The number of piperazine rings is 1. The summed E-state index contributed by atoms with van der Waals surface area (Å²) < 4.78 is 15.3. The fourth-order valence-corrected chi connectivity index (χ4v) is 7.06. The molecule has 0 aliphatic carbocycles. The molecule has 4 aromatic rings. The van der Waals surface area contributed by atoms with Crippen molar-refractivity contribution in [3.05, 3.63) is 142 Å². The normalized spacial score (nSPS) is 22.0. The van der Waals surface area contributed by atoms with Crippen LogP contribution in [-0.2, 0) is 11.3 Å². The van der Waals surface area contributed by atoms with Gasteiger partial charge in [0.1, 0.15) is 12.4 Å². The topological polar surface area (TPSA) is 95.4 Å². The number of anilines is 2. The first-order valence-electron chi connectivity index (χ1n) is 15.9. The molecule has 2 bridgehead atoms. The molecule has 4 atom stereocenters. The van der Waals surface area contributed by atoms with E-state index < -0.39 is 23.2 Å². The highest BCUT2D eigenvalue weighted by atomic mass is 19.1. The van der Waals surface area contributed by atoms with Gasteiger partial charge in [-0.3, -0.25) is 15.0 Å². The molecule has 3 amide bonds. The van der Waals surface area contributed by atoms with Crippen molar-refractivity contribution in [2.45, 2.75) is 38.1 Å². The van der Waals surface area contributed by atoms with E-state index in [4.69, 9.17) is 0 Å². The highest BCUT2D eigenvalue weighted by molar-refractivity contribution is 5.92. The number of likely N-dealkylation sites (tertiary alicyclic amines) is 2. The second kappa shape index (κ2) is 13.0. The number of benzene rings is 4. The fourth-order valence-electron chi connectivity index (χ4n) is 7.06. The number of carbonyl (C=O) groups excluding carboxylic acids is 2. The van der Waals surface area contributed by atoms with Crippen molar-refractivity contribution in [1.82, 2.24) is 15.1 Å². The molecule has 3 aliphatic heterocycles. The minimum Gasteiger partial charge on any atom is -0.606 e. The zero-order chi connectivity index (χ0) is 32.5. The second-order valence-electron chi connectivity index (χ2n) is 12.5. The van der Waals surface area contributed by atoms with E-state index in [1.165, 1.54) is 16.6 Å². The SMILES string of the molecule is Cc1cccc(NC(=O)NC2C=C(c3ccccc3F)c3ccccc3N(CC(=O)N3CC4CC3CN4Cc3ccccc3)[NH+]2[O-])c1. The Labute approximate surface area is 273 Å². The molecule has 3 heterocycles. The monoisotopic (exact) mass is 632 g/mol. The van der Waals surface area contributed by atoms with Crippen LogP contribution < -0.4 is 20.8 Å². The molecule has 2 saturated heterocycles. The lowest BCUT2D eigenvalue weighted by atomic mass is 9.95. The Morgan fingerprint density at radius 1 is 0.894 bits per heavy atom. The van der Waals surface area contributed by atoms with Crippen molar-refractivity contribution in [1.29, 1.82) is 0 Å². The summed E-state index contributed by atoms with van der Waals surface area (Å²) in [5.41, 5.74) is 4.61. The minimum absolute atomic E-state index is 0.0645. The number of nitrogens with zero attached hydrogens (tertiary/aromatic N) is 3. The lowest BCUT2D eigenvalue weighted by Gasteiger charge is -2.40. The van der Waals surface area contributed by atoms with Gasteiger partial charge >= 0.3 is 6.03 Å². The Balaban J connectivity index is 1.16. The van der Waals surface area contributed by atoms with E-state index in [2.05, 4.69) is 27.7 Å². The number of aryl methyl sites for hydroxylation is 1. The van der Waals surface area contributed by atoms with Crippen LogP contribution in [0.1, 0.15) is 28.7 Å². The quantitative estimate of drug-likeness (QED) is 0.264. The number of para-hydroxylation sites is 1. The Morgan fingerprint density at radius 3 is 2.38 bits per heavy atom. The first-order chi connectivity index (χ1) is 22.8. The van der Waals surface area contributed by atoms with Crippen LogP contribution in [0.4, 0.5) is 20.6 Å². The number of quaternary nitrogens is 1. The van der Waals surface area contributed by atoms with Gasteiger partial charge in [0.2, 0.25) is 12.1 Å². The van der Waals surface area contributed by atoms with Gasteiger partial charge in [-0.15, -0.1) is 0 Å².